The first-order valence-corrected chi connectivity index (χ1v) is 21.1. The third-order valence-corrected chi connectivity index (χ3v) is 13.3. The van der Waals surface area contributed by atoms with Crippen molar-refractivity contribution in [3.63, 3.8) is 0 Å². The third kappa shape index (κ3) is 4.85. The van der Waals surface area contributed by atoms with Crippen molar-refractivity contribution >= 4 is 49.8 Å². The Balaban J connectivity index is 1.04. The van der Waals surface area contributed by atoms with Crippen LogP contribution in [0.3, 0.4) is 0 Å². The van der Waals surface area contributed by atoms with Gasteiger partial charge in [0.25, 0.3) is 0 Å². The van der Waals surface area contributed by atoms with Gasteiger partial charge in [-0.3, -0.25) is 0 Å². The van der Waals surface area contributed by atoms with Gasteiger partial charge in [-0.2, -0.15) is 0 Å². The number of nitrogens with zero attached hydrogens (tertiary/aromatic N) is 1. The van der Waals surface area contributed by atoms with E-state index in [1.165, 1.54) is 66.4 Å². The molecule has 0 bridgehead atoms. The summed E-state index contributed by atoms with van der Waals surface area (Å²) in [5.41, 5.74) is 19.7. The van der Waals surface area contributed by atoms with Crippen molar-refractivity contribution in [2.24, 2.45) is 0 Å². The fourth-order valence-corrected chi connectivity index (χ4v) is 10.7. The molecule has 0 atom stereocenters. The smallest absolute Gasteiger partial charge is 0.136 e. The standard InChI is InChI=1S/C59H37NO/c1-2-16-43-38(14-1)15-13-22-44(43)39-28-31-41(32-29-39)60(56-26-11-6-17-45(56)40-30-34-51-50-21-7-12-27-57(50)61-58(51)36-40)42-33-35-49-48-20-5-10-25-54(48)59(55(49)37-42)52-23-8-3-18-46(52)47-19-4-9-24-53(47)59/h1-37H. The highest BCUT2D eigenvalue weighted by molar-refractivity contribution is 6.06. The number of rotatable bonds is 5. The number of fused-ring (bicyclic) bond motifs is 14. The Hall–Kier alpha value is -7.94. The van der Waals surface area contributed by atoms with E-state index >= 15 is 0 Å². The molecule has 0 unspecified atom stereocenters. The predicted molar refractivity (Wildman–Crippen MR) is 253 cm³/mol. The topological polar surface area (TPSA) is 16.4 Å². The van der Waals surface area contributed by atoms with E-state index in [1.807, 2.05) is 12.1 Å². The molecule has 0 radical (unpaired) electrons. The zero-order valence-corrected chi connectivity index (χ0v) is 33.2. The minimum Gasteiger partial charge on any atom is -0.456 e. The highest BCUT2D eigenvalue weighted by Crippen LogP contribution is 2.63. The van der Waals surface area contributed by atoms with Crippen LogP contribution in [-0.4, -0.2) is 0 Å². The molecule has 1 spiro atoms. The zero-order chi connectivity index (χ0) is 40.1. The molecule has 284 valence electrons. The van der Waals surface area contributed by atoms with Gasteiger partial charge in [0.2, 0.25) is 0 Å². The van der Waals surface area contributed by atoms with E-state index in [-0.39, 0.29) is 0 Å². The second-order valence-electron chi connectivity index (χ2n) is 16.4. The van der Waals surface area contributed by atoms with Crippen LogP contribution in [-0.2, 0) is 5.41 Å². The van der Waals surface area contributed by atoms with Crippen LogP contribution in [0.25, 0.3) is 77.2 Å². The first kappa shape index (κ1) is 34.0. The lowest BCUT2D eigenvalue weighted by Gasteiger charge is -2.32. The maximum absolute atomic E-state index is 6.45. The summed E-state index contributed by atoms with van der Waals surface area (Å²) in [6.07, 6.45) is 0. The van der Waals surface area contributed by atoms with E-state index in [2.05, 4.69) is 217 Å². The van der Waals surface area contributed by atoms with E-state index in [0.29, 0.717) is 0 Å². The molecule has 1 heterocycles. The molecule has 1 aromatic heterocycles. The molecule has 0 fully saturated rings. The van der Waals surface area contributed by atoms with Gasteiger partial charge in [-0.1, -0.05) is 176 Å². The maximum Gasteiger partial charge on any atom is 0.136 e. The molecule has 61 heavy (non-hydrogen) atoms. The van der Waals surface area contributed by atoms with Crippen LogP contribution < -0.4 is 4.90 Å². The Kier molecular flexibility index (Phi) is 7.26. The molecule has 2 aliphatic carbocycles. The highest BCUT2D eigenvalue weighted by atomic mass is 16.3. The van der Waals surface area contributed by atoms with Gasteiger partial charge in [0, 0.05) is 27.7 Å². The molecule has 13 rings (SSSR count). The second kappa shape index (κ2) is 13.0. The third-order valence-electron chi connectivity index (χ3n) is 13.3. The molecule has 0 N–H and O–H groups in total. The lowest BCUT2D eigenvalue weighted by atomic mass is 9.70. The van der Waals surface area contributed by atoms with Crippen LogP contribution >= 0.6 is 0 Å². The Morgan fingerprint density at radius 1 is 0.311 bits per heavy atom. The van der Waals surface area contributed by atoms with Gasteiger partial charge in [-0.15, -0.1) is 0 Å². The Morgan fingerprint density at radius 2 is 0.836 bits per heavy atom. The summed E-state index contributed by atoms with van der Waals surface area (Å²) in [6, 6.07) is 82.4. The second-order valence-corrected chi connectivity index (χ2v) is 16.4. The van der Waals surface area contributed by atoms with Crippen LogP contribution in [0, 0.1) is 0 Å². The van der Waals surface area contributed by atoms with Crippen molar-refractivity contribution in [1.29, 1.82) is 0 Å². The first-order chi connectivity index (χ1) is 30.3. The van der Waals surface area contributed by atoms with E-state index in [1.54, 1.807) is 0 Å². The summed E-state index contributed by atoms with van der Waals surface area (Å²) in [7, 11) is 0. The zero-order valence-electron chi connectivity index (χ0n) is 33.2. The van der Waals surface area contributed by atoms with Gasteiger partial charge < -0.3 is 9.32 Å². The summed E-state index contributed by atoms with van der Waals surface area (Å²) >= 11 is 0. The highest BCUT2D eigenvalue weighted by Gasteiger charge is 2.51. The fraction of sp³-hybridized carbons (Fsp3) is 0.0169. The van der Waals surface area contributed by atoms with Crippen LogP contribution in [0.5, 0.6) is 0 Å². The monoisotopic (exact) mass is 775 g/mol. The van der Waals surface area contributed by atoms with Crippen molar-refractivity contribution in [2.75, 3.05) is 4.90 Å². The number of hydrogen-bond acceptors (Lipinski definition) is 2. The van der Waals surface area contributed by atoms with Crippen molar-refractivity contribution in [3.8, 4) is 44.5 Å². The average molecular weight is 776 g/mol. The Bertz CT molecular complexity index is 3490. The number of para-hydroxylation sites is 2. The molecule has 0 aliphatic heterocycles. The summed E-state index contributed by atoms with van der Waals surface area (Å²) in [4.78, 5) is 2.45. The Morgan fingerprint density at radius 3 is 1.57 bits per heavy atom. The summed E-state index contributed by atoms with van der Waals surface area (Å²) in [5, 5.41) is 4.75. The van der Waals surface area contributed by atoms with Gasteiger partial charge in [-0.25, -0.2) is 0 Å². The van der Waals surface area contributed by atoms with Crippen molar-refractivity contribution < 1.29 is 4.42 Å². The van der Waals surface area contributed by atoms with Gasteiger partial charge in [-0.05, 0) is 121 Å². The van der Waals surface area contributed by atoms with Crippen LogP contribution in [0.1, 0.15) is 22.3 Å². The van der Waals surface area contributed by atoms with Gasteiger partial charge in [0.05, 0.1) is 11.1 Å². The molecular formula is C59H37NO. The number of furan rings is 1. The van der Waals surface area contributed by atoms with Crippen molar-refractivity contribution in [3.05, 3.63) is 247 Å². The normalized spacial score (nSPS) is 13.0. The maximum atomic E-state index is 6.45. The molecular weight excluding hydrogens is 739 g/mol. The summed E-state index contributed by atoms with van der Waals surface area (Å²) in [5.74, 6) is 0. The molecule has 0 amide bonds. The number of hydrogen-bond donors (Lipinski definition) is 0. The molecule has 11 aromatic rings. The number of anilines is 3. The van der Waals surface area contributed by atoms with E-state index < -0.39 is 5.41 Å². The van der Waals surface area contributed by atoms with E-state index in [0.717, 1.165) is 50.1 Å². The van der Waals surface area contributed by atoms with Crippen LogP contribution in [0.2, 0.25) is 0 Å². The lowest BCUT2D eigenvalue weighted by Crippen LogP contribution is -2.26. The minimum atomic E-state index is -0.454. The summed E-state index contributed by atoms with van der Waals surface area (Å²) < 4.78 is 6.45. The predicted octanol–water partition coefficient (Wildman–Crippen LogP) is 15.9. The van der Waals surface area contributed by atoms with Gasteiger partial charge in [0.1, 0.15) is 11.2 Å². The van der Waals surface area contributed by atoms with Gasteiger partial charge >= 0.3 is 0 Å². The van der Waals surface area contributed by atoms with Crippen molar-refractivity contribution in [2.45, 2.75) is 5.41 Å². The minimum absolute atomic E-state index is 0.454. The fourth-order valence-electron chi connectivity index (χ4n) is 10.7. The van der Waals surface area contributed by atoms with E-state index in [9.17, 15) is 0 Å². The molecule has 0 saturated heterocycles. The molecule has 2 aliphatic rings. The van der Waals surface area contributed by atoms with Gasteiger partial charge in [0.15, 0.2) is 0 Å². The molecule has 10 aromatic carbocycles. The molecule has 2 nitrogen and oxygen atoms in total. The quantitative estimate of drug-likeness (QED) is 0.173. The van der Waals surface area contributed by atoms with Crippen molar-refractivity contribution in [1.82, 2.24) is 0 Å². The lowest BCUT2D eigenvalue weighted by molar-refractivity contribution is 0.669. The number of benzene rings is 10. The first-order valence-electron chi connectivity index (χ1n) is 21.1. The van der Waals surface area contributed by atoms with Crippen LogP contribution in [0.4, 0.5) is 17.1 Å². The summed E-state index contributed by atoms with van der Waals surface area (Å²) in [6.45, 7) is 0. The van der Waals surface area contributed by atoms with Crippen LogP contribution in [0.15, 0.2) is 229 Å². The SMILES string of the molecule is c1ccc(N(c2ccc(-c3cccc4ccccc34)cc2)c2ccc3c(c2)C2(c4ccccc4-c4ccccc42)c2ccccc2-3)c(-c2ccc3c(c2)oc2ccccc23)c1. The molecule has 2 heteroatoms. The largest absolute Gasteiger partial charge is 0.456 e. The Labute approximate surface area is 354 Å². The molecule has 0 saturated carbocycles. The van der Waals surface area contributed by atoms with E-state index in [4.69, 9.17) is 4.42 Å². The average Bonchev–Trinajstić information content (AvgIpc) is 3.95.